The second-order valence-electron chi connectivity index (χ2n) is 7.79. The van der Waals surface area contributed by atoms with E-state index in [1.807, 2.05) is 0 Å². The number of rotatable bonds is 4. The Morgan fingerprint density at radius 2 is 1.97 bits per heavy atom. The van der Waals surface area contributed by atoms with E-state index in [-0.39, 0.29) is 12.1 Å². The molecule has 1 aliphatic heterocycles. The van der Waals surface area contributed by atoms with Gasteiger partial charge in [0.1, 0.15) is 11.3 Å². The van der Waals surface area contributed by atoms with Crippen molar-refractivity contribution in [1.82, 2.24) is 24.6 Å². The van der Waals surface area contributed by atoms with Gasteiger partial charge in [0.25, 0.3) is 11.5 Å². The van der Waals surface area contributed by atoms with E-state index in [0.717, 1.165) is 35.3 Å². The maximum absolute atomic E-state index is 13.0. The van der Waals surface area contributed by atoms with Gasteiger partial charge in [0.15, 0.2) is 5.82 Å². The van der Waals surface area contributed by atoms with Gasteiger partial charge in [-0.15, -0.1) is 5.10 Å². The van der Waals surface area contributed by atoms with E-state index >= 15 is 0 Å². The highest BCUT2D eigenvalue weighted by molar-refractivity contribution is 5.93. The molecule has 3 aromatic rings. The number of aromatic amines is 1. The number of piperazine rings is 1. The maximum atomic E-state index is 13.0. The first-order valence-electron chi connectivity index (χ1n) is 10.3. The third kappa shape index (κ3) is 3.65. The minimum Gasteiger partial charge on any atom is -0.467 e. The highest BCUT2D eigenvalue weighted by Crippen LogP contribution is 2.23. The summed E-state index contributed by atoms with van der Waals surface area (Å²) in [4.78, 5) is 44.2. The van der Waals surface area contributed by atoms with Gasteiger partial charge in [-0.1, -0.05) is 0 Å². The summed E-state index contributed by atoms with van der Waals surface area (Å²) in [5.41, 5.74) is 1.07. The van der Waals surface area contributed by atoms with Gasteiger partial charge in [-0.25, -0.2) is 4.79 Å². The molecular formula is C21H22N6O4. The van der Waals surface area contributed by atoms with Crippen LogP contribution in [0.3, 0.4) is 0 Å². The summed E-state index contributed by atoms with van der Waals surface area (Å²) >= 11 is 0. The molecule has 10 heteroatoms. The van der Waals surface area contributed by atoms with E-state index < -0.39 is 17.2 Å². The highest BCUT2D eigenvalue weighted by atomic mass is 16.3. The molecule has 0 unspecified atom stereocenters. The summed E-state index contributed by atoms with van der Waals surface area (Å²) in [5.74, 6) is 0.896. The smallest absolute Gasteiger partial charge is 0.328 e. The largest absolute Gasteiger partial charge is 0.467 e. The molecule has 1 amide bonds. The molecule has 31 heavy (non-hydrogen) atoms. The number of carbonyl (C=O) groups is 1. The van der Waals surface area contributed by atoms with E-state index in [1.165, 1.54) is 18.0 Å². The summed E-state index contributed by atoms with van der Waals surface area (Å²) < 4.78 is 6.20. The van der Waals surface area contributed by atoms with Crippen molar-refractivity contribution in [2.75, 3.05) is 31.1 Å². The van der Waals surface area contributed by atoms with E-state index in [9.17, 15) is 14.4 Å². The van der Waals surface area contributed by atoms with Crippen LogP contribution in [0.2, 0.25) is 0 Å². The number of fused-ring (bicyclic) bond motifs is 1. The van der Waals surface area contributed by atoms with Gasteiger partial charge in [-0.2, -0.15) is 5.10 Å². The second-order valence-corrected chi connectivity index (χ2v) is 7.79. The van der Waals surface area contributed by atoms with Crippen LogP contribution in [-0.2, 0) is 19.4 Å². The summed E-state index contributed by atoms with van der Waals surface area (Å²) in [6, 6.07) is 5.44. The lowest BCUT2D eigenvalue weighted by Crippen LogP contribution is -2.51. The average Bonchev–Trinajstić information content (AvgIpc) is 3.48. The molecule has 3 aromatic heterocycles. The summed E-state index contributed by atoms with van der Waals surface area (Å²) in [6.45, 7) is 2.07. The van der Waals surface area contributed by atoms with E-state index in [2.05, 4.69) is 26.1 Å². The first-order valence-corrected chi connectivity index (χ1v) is 10.3. The Kier molecular flexibility index (Phi) is 4.89. The molecule has 1 fully saturated rings. The number of nitrogens with one attached hydrogen (secondary N) is 1. The fourth-order valence-electron chi connectivity index (χ4n) is 4.15. The number of carbonyl (C=O) groups excluding carboxylic acids is 1. The predicted molar refractivity (Wildman–Crippen MR) is 111 cm³/mol. The third-order valence-corrected chi connectivity index (χ3v) is 5.88. The van der Waals surface area contributed by atoms with Crippen molar-refractivity contribution >= 4 is 11.7 Å². The molecule has 5 rings (SSSR count). The van der Waals surface area contributed by atoms with Gasteiger partial charge in [0, 0.05) is 32.4 Å². The molecule has 0 radical (unpaired) electrons. The number of H-pyrrole nitrogens is 1. The van der Waals surface area contributed by atoms with Crippen molar-refractivity contribution in [2.24, 2.45) is 0 Å². The molecule has 0 bridgehead atoms. The third-order valence-electron chi connectivity index (χ3n) is 5.88. The number of aromatic nitrogens is 4. The van der Waals surface area contributed by atoms with Crippen LogP contribution >= 0.6 is 0 Å². The molecule has 2 aliphatic rings. The lowest BCUT2D eigenvalue weighted by atomic mass is 10.2. The molecule has 0 atom stereocenters. The zero-order chi connectivity index (χ0) is 21.4. The normalized spacial score (nSPS) is 15.9. The Morgan fingerprint density at radius 3 is 2.74 bits per heavy atom. The van der Waals surface area contributed by atoms with Crippen molar-refractivity contribution in [3.8, 4) is 0 Å². The van der Waals surface area contributed by atoms with Crippen molar-refractivity contribution in [1.29, 1.82) is 0 Å². The molecular weight excluding hydrogens is 400 g/mol. The van der Waals surface area contributed by atoms with E-state index in [0.29, 0.717) is 31.9 Å². The van der Waals surface area contributed by atoms with E-state index in [4.69, 9.17) is 4.42 Å². The Hall–Kier alpha value is -3.69. The van der Waals surface area contributed by atoms with Gasteiger partial charge >= 0.3 is 5.69 Å². The van der Waals surface area contributed by atoms with Crippen molar-refractivity contribution < 1.29 is 9.21 Å². The number of amides is 1. The van der Waals surface area contributed by atoms with Gasteiger partial charge in [0.05, 0.1) is 18.5 Å². The fourth-order valence-corrected chi connectivity index (χ4v) is 4.15. The Morgan fingerprint density at radius 1 is 1.13 bits per heavy atom. The molecule has 10 nitrogen and oxygen atoms in total. The zero-order valence-electron chi connectivity index (χ0n) is 16.9. The number of nitrogens with zero attached hydrogens (tertiary/aromatic N) is 5. The number of furan rings is 1. The topological polar surface area (TPSA) is 117 Å². The average molecular weight is 422 g/mol. The van der Waals surface area contributed by atoms with Crippen LogP contribution in [-0.4, -0.2) is 56.7 Å². The fraction of sp³-hybridized carbons (Fsp3) is 0.381. The van der Waals surface area contributed by atoms with Crippen LogP contribution in [0.4, 0.5) is 5.82 Å². The number of hydrogen-bond donors (Lipinski definition) is 1. The Bertz CT molecular complexity index is 1220. The van der Waals surface area contributed by atoms with Crippen LogP contribution < -0.4 is 16.1 Å². The number of hydrogen-bond acceptors (Lipinski definition) is 7. The highest BCUT2D eigenvalue weighted by Gasteiger charge is 2.26. The van der Waals surface area contributed by atoms with Gasteiger partial charge < -0.3 is 19.2 Å². The monoisotopic (exact) mass is 422 g/mol. The van der Waals surface area contributed by atoms with Crippen molar-refractivity contribution in [3.05, 3.63) is 74.1 Å². The number of anilines is 1. The molecule has 0 spiro atoms. The van der Waals surface area contributed by atoms with Gasteiger partial charge in [-0.05, 0) is 43.0 Å². The van der Waals surface area contributed by atoms with Gasteiger partial charge in [-0.3, -0.25) is 14.2 Å². The quantitative estimate of drug-likeness (QED) is 0.647. The van der Waals surface area contributed by atoms with Crippen LogP contribution in [0.5, 0.6) is 0 Å². The van der Waals surface area contributed by atoms with E-state index in [1.54, 1.807) is 17.0 Å². The molecule has 4 heterocycles. The lowest BCUT2D eigenvalue weighted by Gasteiger charge is -2.35. The molecule has 1 N–H and O–H groups in total. The lowest BCUT2D eigenvalue weighted by molar-refractivity contribution is 0.0743. The van der Waals surface area contributed by atoms with Gasteiger partial charge in [0.2, 0.25) is 0 Å². The molecule has 0 aromatic carbocycles. The standard InChI is InChI=1S/C21H22N6O4/c28-19(16-12-22-21(30)27(20(16)29)13-15-4-2-10-31-15)26-8-6-25(7-9-26)18-11-14-3-1-5-17(14)23-24-18/h2,4,10-12H,1,3,5-9,13H2,(H,22,30). The minimum atomic E-state index is -0.628. The van der Waals surface area contributed by atoms with Crippen molar-refractivity contribution in [2.45, 2.75) is 25.8 Å². The van der Waals surface area contributed by atoms with Crippen molar-refractivity contribution in [3.63, 3.8) is 0 Å². The summed E-state index contributed by atoms with van der Waals surface area (Å²) in [6.07, 6.45) is 5.80. The Labute approximate surface area is 177 Å². The van der Waals surface area contributed by atoms with Crippen LogP contribution in [0.25, 0.3) is 0 Å². The first-order chi connectivity index (χ1) is 15.1. The first kappa shape index (κ1) is 19.3. The van der Waals surface area contributed by atoms with Crippen LogP contribution in [0, 0.1) is 0 Å². The zero-order valence-corrected chi connectivity index (χ0v) is 16.9. The summed E-state index contributed by atoms with van der Waals surface area (Å²) in [7, 11) is 0. The van der Waals surface area contributed by atoms with Crippen LogP contribution in [0.1, 0.15) is 33.8 Å². The van der Waals surface area contributed by atoms with Crippen LogP contribution in [0.15, 0.2) is 44.7 Å². The minimum absolute atomic E-state index is 0.0347. The molecule has 1 saturated heterocycles. The molecule has 1 aliphatic carbocycles. The summed E-state index contributed by atoms with van der Waals surface area (Å²) in [5, 5.41) is 8.68. The predicted octanol–water partition coefficient (Wildman–Crippen LogP) is 0.419. The maximum Gasteiger partial charge on any atom is 0.328 e. The SMILES string of the molecule is O=C(c1c[nH]c(=O)n(Cc2ccco2)c1=O)N1CCN(c2cc3c(nn2)CCC3)CC1. The Balaban J connectivity index is 1.30. The molecule has 160 valence electrons. The second kappa shape index (κ2) is 7.86. The number of aryl methyl sites for hydroxylation is 2. The molecule has 0 saturated carbocycles.